The number of nitrogens with one attached hydrogen (secondary N) is 1. The summed E-state index contributed by atoms with van der Waals surface area (Å²) >= 11 is 0. The largest absolute Gasteiger partial charge is 0.371 e. The normalized spacial score (nSPS) is 30.7. The number of benzene rings is 1. The number of imidazole rings is 1. The van der Waals surface area contributed by atoms with E-state index in [1.165, 1.54) is 0 Å². The maximum Gasteiger partial charge on any atom is 0.177 e. The van der Waals surface area contributed by atoms with Gasteiger partial charge in [0.2, 0.25) is 0 Å². The van der Waals surface area contributed by atoms with Gasteiger partial charge in [-0.1, -0.05) is 30.3 Å². The number of hydrogen-bond acceptors (Lipinski definition) is 10. The number of hydrogen-bond donors (Lipinski definition) is 2. The van der Waals surface area contributed by atoms with E-state index in [0.717, 1.165) is 30.3 Å². The van der Waals surface area contributed by atoms with Crippen molar-refractivity contribution < 1.29 is 28.8 Å². The lowest BCUT2D eigenvalue weighted by atomic mass is 10.1. The molecule has 0 spiro atoms. The third-order valence-electron chi connectivity index (χ3n) is 7.25. The van der Waals surface area contributed by atoms with E-state index in [1.807, 2.05) is 36.6 Å². The molecule has 11 heteroatoms. The van der Waals surface area contributed by atoms with Crippen molar-refractivity contribution in [3.8, 4) is 0 Å². The van der Waals surface area contributed by atoms with Crippen molar-refractivity contribution in [1.29, 1.82) is 0 Å². The van der Waals surface area contributed by atoms with E-state index in [4.69, 9.17) is 28.8 Å². The van der Waals surface area contributed by atoms with E-state index >= 15 is 0 Å². The molecule has 2 aromatic heterocycles. The molecule has 0 bridgehead atoms. The molecule has 6 atom stereocenters. The van der Waals surface area contributed by atoms with Gasteiger partial charge in [0, 0.05) is 0 Å². The fourth-order valence-corrected chi connectivity index (χ4v) is 5.60. The van der Waals surface area contributed by atoms with Crippen molar-refractivity contribution in [1.82, 2.24) is 19.7 Å². The summed E-state index contributed by atoms with van der Waals surface area (Å²) in [6, 6.07) is 10.3. The molecule has 11 nitrogen and oxygen atoms in total. The van der Waals surface area contributed by atoms with Crippen LogP contribution in [0.4, 0.5) is 5.82 Å². The van der Waals surface area contributed by atoms with Crippen molar-refractivity contribution in [2.24, 2.45) is 0 Å². The monoisotopic (exact) mass is 511 g/mol. The summed E-state index contributed by atoms with van der Waals surface area (Å²) < 4.78 is 32.0. The average molecular weight is 512 g/mol. The van der Waals surface area contributed by atoms with Gasteiger partial charge in [-0.3, -0.25) is 4.57 Å². The van der Waals surface area contributed by atoms with Crippen molar-refractivity contribution in [3.63, 3.8) is 0 Å². The second-order valence-electron chi connectivity index (χ2n) is 10.2. The molecular formula is C26H33N5O6. The molecular weight excluding hydrogens is 478 g/mol. The molecule has 6 rings (SSSR count). The summed E-state index contributed by atoms with van der Waals surface area (Å²) in [5, 5.41) is 21.3. The Morgan fingerprint density at radius 1 is 1.16 bits per heavy atom. The Hall–Kier alpha value is -2.67. The van der Waals surface area contributed by atoms with Gasteiger partial charge < -0.3 is 34.1 Å². The topological polar surface area (TPSA) is 122 Å². The van der Waals surface area contributed by atoms with Crippen LogP contribution in [0.1, 0.15) is 44.9 Å². The summed E-state index contributed by atoms with van der Waals surface area (Å²) in [5.41, 5.74) is 2.64. The zero-order chi connectivity index (χ0) is 25.4. The lowest BCUT2D eigenvalue weighted by Gasteiger charge is -2.25. The number of aliphatic hydroxyl groups is 1. The molecule has 37 heavy (non-hydrogen) atoms. The zero-order valence-electron chi connectivity index (χ0n) is 21.0. The second-order valence-corrected chi connectivity index (χ2v) is 10.2. The number of aromatic nitrogens is 4. The summed E-state index contributed by atoms with van der Waals surface area (Å²) in [4.78, 5) is 4.67. The predicted octanol–water partition coefficient (Wildman–Crippen LogP) is 2.76. The first-order valence-electron chi connectivity index (χ1n) is 12.8. The van der Waals surface area contributed by atoms with E-state index in [-0.39, 0.29) is 37.8 Å². The van der Waals surface area contributed by atoms with Gasteiger partial charge in [-0.25, -0.2) is 4.98 Å². The molecule has 1 unspecified atom stereocenters. The van der Waals surface area contributed by atoms with Gasteiger partial charge in [-0.2, -0.15) is 5.10 Å². The van der Waals surface area contributed by atoms with Crippen LogP contribution in [0.5, 0.6) is 0 Å². The Morgan fingerprint density at radius 3 is 2.84 bits per heavy atom. The van der Waals surface area contributed by atoms with Crippen molar-refractivity contribution in [2.45, 2.75) is 82.2 Å². The predicted molar refractivity (Wildman–Crippen MR) is 132 cm³/mol. The fourth-order valence-electron chi connectivity index (χ4n) is 5.60. The highest BCUT2D eigenvalue weighted by molar-refractivity contribution is 5.85. The molecule has 1 aliphatic carbocycles. The Kier molecular flexibility index (Phi) is 6.82. The third-order valence-corrected chi connectivity index (χ3v) is 7.25. The minimum absolute atomic E-state index is 0.0804. The number of anilines is 1. The molecule has 2 saturated heterocycles. The van der Waals surface area contributed by atoms with Gasteiger partial charge in [0.05, 0.1) is 43.4 Å². The standard InChI is InChI=1S/C26H33N5O6/c1-26(2)36-22-20(13-33-15-32)35-25(23(22)37-26)31-14-27-21-18(31)11-28-30-24(21)29-17-9-6-10-19(17)34-12-16-7-4-3-5-8-16/h3-5,7-8,11,14,17,19-20,22-23,25,32H,6,9-10,12-13,15H2,1-2H3,(H,29,30)/t17-,19-,20+,22+,23+,25?/m0/s1. The summed E-state index contributed by atoms with van der Waals surface area (Å²) in [5.74, 6) is -0.135. The van der Waals surface area contributed by atoms with E-state index in [2.05, 4.69) is 32.6 Å². The van der Waals surface area contributed by atoms with Crippen LogP contribution in [0.15, 0.2) is 42.9 Å². The molecule has 1 aromatic carbocycles. The van der Waals surface area contributed by atoms with Crippen LogP contribution in [0.25, 0.3) is 11.0 Å². The molecule has 2 N–H and O–H groups in total. The number of fused-ring (bicyclic) bond motifs is 2. The number of nitrogens with zero attached hydrogens (tertiary/aromatic N) is 4. The lowest BCUT2D eigenvalue weighted by Crippen LogP contribution is -2.33. The zero-order valence-corrected chi connectivity index (χ0v) is 21.0. The smallest absolute Gasteiger partial charge is 0.177 e. The molecule has 3 aromatic rings. The Morgan fingerprint density at radius 2 is 2.00 bits per heavy atom. The molecule has 3 aliphatic rings. The quantitative estimate of drug-likeness (QED) is 0.415. The number of aliphatic hydroxyl groups excluding tert-OH is 1. The third kappa shape index (κ3) is 4.95. The summed E-state index contributed by atoms with van der Waals surface area (Å²) in [6.45, 7) is 4.14. The van der Waals surface area contributed by atoms with Crippen LogP contribution < -0.4 is 5.32 Å². The SMILES string of the molecule is CC1(C)O[C@@H]2[C@@H](COCO)OC(n3cnc4c(N[C@H]5CCC[C@@H]5OCc5ccccc5)nncc43)[C@@H]2O1. The minimum Gasteiger partial charge on any atom is -0.371 e. The maximum absolute atomic E-state index is 9.12. The molecule has 198 valence electrons. The van der Waals surface area contributed by atoms with Gasteiger partial charge in [0.25, 0.3) is 0 Å². The Labute approximate surface area is 215 Å². The second kappa shape index (κ2) is 10.2. The van der Waals surface area contributed by atoms with E-state index in [0.29, 0.717) is 17.9 Å². The van der Waals surface area contributed by atoms with Gasteiger partial charge in [-0.15, -0.1) is 5.10 Å². The average Bonchev–Trinajstić information content (AvgIpc) is 3.66. The first-order chi connectivity index (χ1) is 18.0. The Bertz CT molecular complexity index is 1210. The fraction of sp³-hybridized carbons (Fsp3) is 0.577. The van der Waals surface area contributed by atoms with E-state index < -0.39 is 18.1 Å². The highest BCUT2D eigenvalue weighted by atomic mass is 16.8. The summed E-state index contributed by atoms with van der Waals surface area (Å²) in [6.07, 6.45) is 4.96. The lowest BCUT2D eigenvalue weighted by molar-refractivity contribution is -0.203. The molecule has 2 aliphatic heterocycles. The number of rotatable bonds is 9. The first-order valence-corrected chi connectivity index (χ1v) is 12.8. The van der Waals surface area contributed by atoms with Crippen molar-refractivity contribution >= 4 is 16.9 Å². The van der Waals surface area contributed by atoms with Crippen LogP contribution in [-0.2, 0) is 30.3 Å². The molecule has 4 heterocycles. The van der Waals surface area contributed by atoms with Gasteiger partial charge >= 0.3 is 0 Å². The van der Waals surface area contributed by atoms with Crippen LogP contribution in [0.3, 0.4) is 0 Å². The molecule has 1 saturated carbocycles. The van der Waals surface area contributed by atoms with Gasteiger partial charge in [0.15, 0.2) is 17.8 Å². The van der Waals surface area contributed by atoms with Gasteiger partial charge in [-0.05, 0) is 38.7 Å². The van der Waals surface area contributed by atoms with Crippen LogP contribution in [0, 0.1) is 0 Å². The highest BCUT2D eigenvalue weighted by Crippen LogP contribution is 2.44. The van der Waals surface area contributed by atoms with Crippen LogP contribution >= 0.6 is 0 Å². The molecule has 3 fully saturated rings. The van der Waals surface area contributed by atoms with Gasteiger partial charge in [0.1, 0.15) is 30.6 Å². The Balaban J connectivity index is 1.21. The van der Waals surface area contributed by atoms with E-state index in [1.54, 1.807) is 12.5 Å². The first kappa shape index (κ1) is 24.7. The van der Waals surface area contributed by atoms with Crippen LogP contribution in [-0.4, -0.2) is 74.5 Å². The highest BCUT2D eigenvalue weighted by Gasteiger charge is 2.56. The minimum atomic E-state index is -0.755. The molecule has 0 amide bonds. The van der Waals surface area contributed by atoms with Crippen LogP contribution in [0.2, 0.25) is 0 Å². The van der Waals surface area contributed by atoms with Crippen molar-refractivity contribution in [3.05, 3.63) is 48.4 Å². The molecule has 0 radical (unpaired) electrons. The van der Waals surface area contributed by atoms with E-state index in [9.17, 15) is 0 Å². The summed E-state index contributed by atoms with van der Waals surface area (Å²) in [7, 11) is 0. The van der Waals surface area contributed by atoms with Crippen molar-refractivity contribution in [2.75, 3.05) is 18.7 Å². The maximum atomic E-state index is 9.12. The number of ether oxygens (including phenoxy) is 5.